The fraction of sp³-hybridized carbons (Fsp3) is 0.364. The number of carboxylic acid groups (broad SMARTS) is 1. The molecule has 0 fully saturated rings. The molecule has 1 aromatic heterocycles. The molecule has 0 radical (unpaired) electrons. The molecule has 6 nitrogen and oxygen atoms in total. The first kappa shape index (κ1) is 13.0. The number of ether oxygens (including phenoxy) is 1. The van der Waals surface area contributed by atoms with Gasteiger partial charge in [0.2, 0.25) is 0 Å². The molecular weight excluding hydrogens is 224 g/mol. The smallest absolute Gasteiger partial charge is 0.413 e. The predicted molar refractivity (Wildman–Crippen MR) is 58.4 cm³/mol. The van der Waals surface area contributed by atoms with Crippen molar-refractivity contribution in [1.29, 1.82) is 0 Å². The number of aromatic carboxylic acids is 1. The van der Waals surface area contributed by atoms with E-state index in [1.54, 1.807) is 20.8 Å². The molecule has 1 amide bonds. The van der Waals surface area contributed by atoms with Gasteiger partial charge in [-0.15, -0.1) is 0 Å². The molecule has 0 aliphatic heterocycles. The maximum atomic E-state index is 11.3. The van der Waals surface area contributed by atoms with Gasteiger partial charge in [-0.3, -0.25) is 5.32 Å². The Morgan fingerprint density at radius 1 is 1.35 bits per heavy atom. The van der Waals surface area contributed by atoms with Crippen LogP contribution in [0.1, 0.15) is 31.1 Å². The van der Waals surface area contributed by atoms with Crippen molar-refractivity contribution in [2.75, 3.05) is 5.32 Å². The zero-order valence-electron chi connectivity index (χ0n) is 9.81. The molecule has 0 spiro atoms. The molecule has 6 heteroatoms. The lowest BCUT2D eigenvalue weighted by Crippen LogP contribution is -2.27. The second-order valence-corrected chi connectivity index (χ2v) is 4.35. The average molecular weight is 237 g/mol. The quantitative estimate of drug-likeness (QED) is 0.821. The minimum Gasteiger partial charge on any atom is -0.545 e. The van der Waals surface area contributed by atoms with E-state index in [9.17, 15) is 14.7 Å². The molecule has 17 heavy (non-hydrogen) atoms. The van der Waals surface area contributed by atoms with Gasteiger partial charge in [-0.1, -0.05) is 0 Å². The highest BCUT2D eigenvalue weighted by Crippen LogP contribution is 2.10. The van der Waals surface area contributed by atoms with E-state index in [4.69, 9.17) is 4.74 Å². The summed E-state index contributed by atoms with van der Waals surface area (Å²) in [5.41, 5.74) is -0.658. The third-order valence-corrected chi connectivity index (χ3v) is 1.63. The third kappa shape index (κ3) is 4.50. The Bertz CT molecular complexity index is 420. The number of carboxylic acids is 1. The van der Waals surface area contributed by atoms with E-state index in [1.807, 2.05) is 0 Å². The molecule has 1 rings (SSSR count). The molecule has 1 aromatic rings. The first-order chi connectivity index (χ1) is 7.78. The lowest BCUT2D eigenvalue weighted by atomic mass is 10.2. The van der Waals surface area contributed by atoms with E-state index < -0.39 is 17.7 Å². The number of hydrogen-bond acceptors (Lipinski definition) is 5. The molecule has 0 atom stereocenters. The van der Waals surface area contributed by atoms with Crippen molar-refractivity contribution in [1.82, 2.24) is 4.98 Å². The van der Waals surface area contributed by atoms with Crippen LogP contribution in [0, 0.1) is 0 Å². The van der Waals surface area contributed by atoms with E-state index in [2.05, 4.69) is 10.3 Å². The van der Waals surface area contributed by atoms with Crippen molar-refractivity contribution in [3.8, 4) is 0 Å². The fourth-order valence-electron chi connectivity index (χ4n) is 0.997. The van der Waals surface area contributed by atoms with E-state index >= 15 is 0 Å². The van der Waals surface area contributed by atoms with Crippen LogP contribution in [0.15, 0.2) is 18.3 Å². The standard InChI is InChI=1S/C11H14N2O4/c1-11(2,3)17-10(16)13-8-5-4-7(6-12-8)9(14)15/h4-6H,1-3H3,(H,14,15)(H,12,13,16)/p-1. The number of pyridine rings is 1. The third-order valence-electron chi connectivity index (χ3n) is 1.63. The normalized spacial score (nSPS) is 10.8. The van der Waals surface area contributed by atoms with Gasteiger partial charge in [0.1, 0.15) is 11.4 Å². The molecular formula is C11H13N2O4-. The number of aromatic nitrogens is 1. The summed E-state index contributed by atoms with van der Waals surface area (Å²) in [6.45, 7) is 5.21. The maximum absolute atomic E-state index is 11.3. The van der Waals surface area contributed by atoms with Crippen LogP contribution in [0.2, 0.25) is 0 Å². The topological polar surface area (TPSA) is 91.3 Å². The van der Waals surface area contributed by atoms with Crippen LogP contribution in [0.5, 0.6) is 0 Å². The fourth-order valence-corrected chi connectivity index (χ4v) is 0.997. The molecule has 0 aromatic carbocycles. The van der Waals surface area contributed by atoms with E-state index in [1.165, 1.54) is 12.1 Å². The van der Waals surface area contributed by atoms with Gasteiger partial charge in [-0.05, 0) is 32.9 Å². The summed E-state index contributed by atoms with van der Waals surface area (Å²) in [5, 5.41) is 12.8. The van der Waals surface area contributed by atoms with E-state index in [0.29, 0.717) is 0 Å². The molecule has 1 heterocycles. The Kier molecular flexibility index (Phi) is 3.67. The van der Waals surface area contributed by atoms with Crippen LogP contribution in [-0.4, -0.2) is 22.6 Å². The van der Waals surface area contributed by atoms with Gasteiger partial charge in [-0.2, -0.15) is 0 Å². The molecule has 0 bridgehead atoms. The minimum atomic E-state index is -1.32. The highest BCUT2D eigenvalue weighted by atomic mass is 16.6. The summed E-state index contributed by atoms with van der Waals surface area (Å²) in [7, 11) is 0. The number of nitrogens with zero attached hydrogens (tertiary/aromatic N) is 1. The van der Waals surface area contributed by atoms with Gasteiger partial charge >= 0.3 is 6.09 Å². The first-order valence-corrected chi connectivity index (χ1v) is 4.95. The maximum Gasteiger partial charge on any atom is 0.413 e. The van der Waals surface area contributed by atoms with Crippen molar-refractivity contribution in [3.63, 3.8) is 0 Å². The van der Waals surface area contributed by atoms with Gasteiger partial charge < -0.3 is 14.6 Å². The summed E-state index contributed by atoms with van der Waals surface area (Å²) >= 11 is 0. The Balaban J connectivity index is 2.64. The van der Waals surface area contributed by atoms with Crippen molar-refractivity contribution in [2.45, 2.75) is 26.4 Å². The van der Waals surface area contributed by atoms with Crippen LogP contribution in [0.4, 0.5) is 10.6 Å². The van der Waals surface area contributed by atoms with Gasteiger partial charge in [-0.25, -0.2) is 9.78 Å². The van der Waals surface area contributed by atoms with E-state index in [0.717, 1.165) is 6.20 Å². The number of hydrogen-bond donors (Lipinski definition) is 1. The zero-order chi connectivity index (χ0) is 13.1. The van der Waals surface area contributed by atoms with Crippen molar-refractivity contribution >= 4 is 17.9 Å². The Morgan fingerprint density at radius 3 is 2.41 bits per heavy atom. The number of anilines is 1. The first-order valence-electron chi connectivity index (χ1n) is 4.95. The molecule has 92 valence electrons. The largest absolute Gasteiger partial charge is 0.545 e. The Morgan fingerprint density at radius 2 is 2.00 bits per heavy atom. The van der Waals surface area contributed by atoms with Gasteiger partial charge in [0.15, 0.2) is 0 Å². The van der Waals surface area contributed by atoms with Gasteiger partial charge in [0.25, 0.3) is 0 Å². The average Bonchev–Trinajstić information content (AvgIpc) is 2.15. The number of carbonyl (C=O) groups excluding carboxylic acids is 2. The zero-order valence-corrected chi connectivity index (χ0v) is 9.81. The summed E-state index contributed by atoms with van der Waals surface area (Å²) in [6, 6.07) is 2.64. The highest BCUT2D eigenvalue weighted by molar-refractivity contribution is 5.87. The van der Waals surface area contributed by atoms with Crippen LogP contribution < -0.4 is 10.4 Å². The number of carbonyl (C=O) groups is 2. The summed E-state index contributed by atoms with van der Waals surface area (Å²) in [4.78, 5) is 25.5. The number of nitrogens with one attached hydrogen (secondary N) is 1. The lowest BCUT2D eigenvalue weighted by Gasteiger charge is -2.19. The monoisotopic (exact) mass is 237 g/mol. The van der Waals surface area contributed by atoms with Crippen molar-refractivity contribution in [2.24, 2.45) is 0 Å². The van der Waals surface area contributed by atoms with E-state index in [-0.39, 0.29) is 11.4 Å². The molecule has 0 aliphatic carbocycles. The van der Waals surface area contributed by atoms with Gasteiger partial charge in [0.05, 0.1) is 5.97 Å². The minimum absolute atomic E-state index is 0.0558. The number of amides is 1. The molecule has 1 N–H and O–H groups in total. The lowest BCUT2D eigenvalue weighted by molar-refractivity contribution is -0.255. The van der Waals surface area contributed by atoms with Crippen LogP contribution in [0.3, 0.4) is 0 Å². The van der Waals surface area contributed by atoms with Crippen LogP contribution in [0.25, 0.3) is 0 Å². The van der Waals surface area contributed by atoms with Crippen molar-refractivity contribution in [3.05, 3.63) is 23.9 Å². The summed E-state index contributed by atoms with van der Waals surface area (Å²) in [5.74, 6) is -1.11. The second-order valence-electron chi connectivity index (χ2n) is 4.35. The number of rotatable bonds is 2. The predicted octanol–water partition coefficient (Wildman–Crippen LogP) is 0.792. The second kappa shape index (κ2) is 4.82. The molecule has 0 aliphatic rings. The van der Waals surface area contributed by atoms with Gasteiger partial charge in [0, 0.05) is 11.8 Å². The summed E-state index contributed by atoms with van der Waals surface area (Å²) in [6.07, 6.45) is 0.452. The van der Waals surface area contributed by atoms with Crippen LogP contribution >= 0.6 is 0 Å². The molecule has 0 saturated carbocycles. The van der Waals surface area contributed by atoms with Crippen LogP contribution in [-0.2, 0) is 4.74 Å². The summed E-state index contributed by atoms with van der Waals surface area (Å²) < 4.78 is 5.00. The van der Waals surface area contributed by atoms with Crippen molar-refractivity contribution < 1.29 is 19.4 Å². The molecule has 0 unspecified atom stereocenters. The SMILES string of the molecule is CC(C)(C)OC(=O)Nc1ccc(C(=O)[O-])cn1. The Hall–Kier alpha value is -2.11. The molecule has 0 saturated heterocycles. The highest BCUT2D eigenvalue weighted by Gasteiger charge is 2.16. The Labute approximate surface area is 98.6 Å².